The standard InChI is InChI=1S/C10H9N2/c1-11-8-7-9-3-5-10(12-2)6-4-9/h3-7,12H,2H3/q-1. The van der Waals surface area contributed by atoms with Crippen LogP contribution in [0.5, 0.6) is 0 Å². The highest BCUT2D eigenvalue weighted by Gasteiger charge is 1.85. The van der Waals surface area contributed by atoms with Crippen molar-refractivity contribution in [2.24, 2.45) is 0 Å². The first kappa shape index (κ1) is 8.35. The fourth-order valence-corrected chi connectivity index (χ4v) is 0.853. The van der Waals surface area contributed by atoms with E-state index in [-0.39, 0.29) is 0 Å². The Balaban J connectivity index is 2.79. The Hall–Kier alpha value is -1.75. The van der Waals surface area contributed by atoms with Crippen LogP contribution in [0.25, 0.3) is 10.9 Å². The molecule has 2 nitrogen and oxygen atoms in total. The molecule has 0 saturated carbocycles. The second-order valence-corrected chi connectivity index (χ2v) is 2.26. The van der Waals surface area contributed by atoms with Crippen molar-refractivity contribution in [1.82, 2.24) is 0 Å². The molecule has 0 aliphatic heterocycles. The Labute approximate surface area is 72.4 Å². The molecule has 0 aromatic heterocycles. The van der Waals surface area contributed by atoms with Crippen LogP contribution in [0.4, 0.5) is 5.69 Å². The van der Waals surface area contributed by atoms with Gasteiger partial charge in [0.2, 0.25) is 0 Å². The monoisotopic (exact) mass is 157 g/mol. The maximum absolute atomic E-state index is 6.50. The Kier molecular flexibility index (Phi) is 2.92. The van der Waals surface area contributed by atoms with E-state index in [0.29, 0.717) is 0 Å². The van der Waals surface area contributed by atoms with Crippen molar-refractivity contribution in [3.63, 3.8) is 0 Å². The fourth-order valence-electron chi connectivity index (χ4n) is 0.853. The van der Waals surface area contributed by atoms with Crippen LogP contribution in [0.1, 0.15) is 5.56 Å². The van der Waals surface area contributed by atoms with Gasteiger partial charge >= 0.3 is 0 Å². The van der Waals surface area contributed by atoms with Crippen LogP contribution in [-0.4, -0.2) is 7.05 Å². The average molecular weight is 157 g/mol. The highest BCUT2D eigenvalue weighted by Crippen LogP contribution is 2.09. The van der Waals surface area contributed by atoms with Gasteiger partial charge in [-0.3, -0.25) is 6.57 Å². The van der Waals surface area contributed by atoms with Crippen molar-refractivity contribution in [2.75, 3.05) is 12.4 Å². The number of hydrogen-bond acceptors (Lipinski definition) is 1. The van der Waals surface area contributed by atoms with E-state index in [2.05, 4.69) is 16.4 Å². The summed E-state index contributed by atoms with van der Waals surface area (Å²) in [7, 11) is 1.87. The van der Waals surface area contributed by atoms with Crippen molar-refractivity contribution >= 4 is 11.8 Å². The van der Waals surface area contributed by atoms with E-state index in [1.165, 1.54) is 0 Å². The summed E-state index contributed by atoms with van der Waals surface area (Å²) in [5.41, 5.74) is 2.06. The molecule has 0 aliphatic rings. The fraction of sp³-hybridized carbons (Fsp3) is 0.100. The summed E-state index contributed by atoms with van der Waals surface area (Å²) in [4.78, 5) is 3.00. The number of rotatable bonds is 2. The minimum Gasteiger partial charge on any atom is -0.478 e. The average Bonchev–Trinajstić information content (AvgIpc) is 2.15. The molecule has 60 valence electrons. The van der Waals surface area contributed by atoms with E-state index < -0.39 is 0 Å². The van der Waals surface area contributed by atoms with E-state index in [0.717, 1.165) is 11.3 Å². The van der Waals surface area contributed by atoms with Crippen molar-refractivity contribution in [3.05, 3.63) is 47.4 Å². The lowest BCUT2D eigenvalue weighted by molar-refractivity contribution is 1.50. The maximum Gasteiger partial charge on any atom is 0.0337 e. The lowest BCUT2D eigenvalue weighted by Crippen LogP contribution is -1.86. The van der Waals surface area contributed by atoms with Gasteiger partial charge in [0.1, 0.15) is 0 Å². The van der Waals surface area contributed by atoms with E-state index in [1.54, 1.807) is 6.08 Å². The van der Waals surface area contributed by atoms with E-state index in [9.17, 15) is 0 Å². The first-order valence-electron chi connectivity index (χ1n) is 3.60. The molecule has 12 heavy (non-hydrogen) atoms. The molecule has 0 fully saturated rings. The summed E-state index contributed by atoms with van der Waals surface area (Å²) in [5, 5.41) is 3.02. The third kappa shape index (κ3) is 2.14. The van der Waals surface area contributed by atoms with Gasteiger partial charge in [-0.15, -0.1) is 0 Å². The van der Waals surface area contributed by atoms with Gasteiger partial charge in [0.05, 0.1) is 0 Å². The summed E-state index contributed by atoms with van der Waals surface area (Å²) >= 11 is 0. The van der Waals surface area contributed by atoms with E-state index >= 15 is 0 Å². The van der Waals surface area contributed by atoms with Gasteiger partial charge in [0.15, 0.2) is 0 Å². The second kappa shape index (κ2) is 4.20. The molecule has 0 amide bonds. The zero-order valence-electron chi connectivity index (χ0n) is 6.83. The van der Waals surface area contributed by atoms with Crippen LogP contribution < -0.4 is 5.32 Å². The van der Waals surface area contributed by atoms with Crippen molar-refractivity contribution < 1.29 is 0 Å². The van der Waals surface area contributed by atoms with Gasteiger partial charge in [-0.25, -0.2) is 0 Å². The predicted molar refractivity (Wildman–Crippen MR) is 50.3 cm³/mol. The molecule has 0 spiro atoms. The van der Waals surface area contributed by atoms with Crippen LogP contribution >= 0.6 is 0 Å². The maximum atomic E-state index is 6.50. The van der Waals surface area contributed by atoms with Gasteiger partial charge in [0, 0.05) is 12.7 Å². The minimum atomic E-state index is 0.991. The zero-order valence-corrected chi connectivity index (χ0v) is 6.83. The van der Waals surface area contributed by atoms with Crippen molar-refractivity contribution in [3.8, 4) is 0 Å². The summed E-state index contributed by atoms with van der Waals surface area (Å²) in [6, 6.07) is 7.78. The molecule has 0 aliphatic carbocycles. The van der Waals surface area contributed by atoms with Crippen LogP contribution in [0.2, 0.25) is 0 Å². The number of nitrogens with zero attached hydrogens (tertiary/aromatic N) is 1. The predicted octanol–water partition coefficient (Wildman–Crippen LogP) is 2.42. The highest BCUT2D eigenvalue weighted by molar-refractivity contribution is 5.53. The SMILES string of the molecule is [C-]#[N+][C-]=Cc1ccc(NC)cc1. The highest BCUT2D eigenvalue weighted by atomic mass is 14.8. The van der Waals surface area contributed by atoms with Crippen molar-refractivity contribution in [1.29, 1.82) is 0 Å². The van der Waals surface area contributed by atoms with Gasteiger partial charge in [-0.1, -0.05) is 23.9 Å². The third-order valence-electron chi connectivity index (χ3n) is 1.50. The Bertz CT molecular complexity index is 304. The first-order valence-corrected chi connectivity index (χ1v) is 3.60. The van der Waals surface area contributed by atoms with Gasteiger partial charge in [-0.05, 0) is 12.1 Å². The third-order valence-corrected chi connectivity index (χ3v) is 1.50. The molecule has 1 N–H and O–H groups in total. The second-order valence-electron chi connectivity index (χ2n) is 2.26. The number of hydrogen-bond donors (Lipinski definition) is 1. The van der Waals surface area contributed by atoms with Gasteiger partial charge in [-0.2, -0.15) is 6.08 Å². The molecule has 2 heteroatoms. The van der Waals surface area contributed by atoms with Crippen molar-refractivity contribution in [2.45, 2.75) is 0 Å². The zero-order chi connectivity index (χ0) is 8.81. The summed E-state index contributed by atoms with van der Waals surface area (Å²) in [6.45, 7) is 6.50. The summed E-state index contributed by atoms with van der Waals surface area (Å²) < 4.78 is 0. The quantitative estimate of drug-likeness (QED) is 0.652. The molecule has 1 aromatic carbocycles. The molecule has 0 radical (unpaired) electrons. The lowest BCUT2D eigenvalue weighted by Gasteiger charge is -2.00. The van der Waals surface area contributed by atoms with Crippen LogP contribution in [0.3, 0.4) is 0 Å². The minimum absolute atomic E-state index is 0.991. The van der Waals surface area contributed by atoms with Gasteiger partial charge in [0.25, 0.3) is 0 Å². The first-order chi connectivity index (χ1) is 5.86. The molecular formula is C10H9N2-. The topological polar surface area (TPSA) is 16.4 Å². The Morgan fingerprint density at radius 1 is 1.42 bits per heavy atom. The van der Waals surface area contributed by atoms with Crippen LogP contribution in [0.15, 0.2) is 24.3 Å². The molecule has 0 atom stereocenters. The summed E-state index contributed by atoms with van der Waals surface area (Å²) in [6.07, 6.45) is 4.11. The normalized spacial score (nSPS) is 9.67. The Morgan fingerprint density at radius 2 is 2.08 bits per heavy atom. The van der Waals surface area contributed by atoms with Crippen LogP contribution in [0, 0.1) is 12.8 Å². The smallest absolute Gasteiger partial charge is 0.0337 e. The number of benzene rings is 1. The van der Waals surface area contributed by atoms with E-state index in [4.69, 9.17) is 6.57 Å². The molecule has 1 rings (SSSR count). The van der Waals surface area contributed by atoms with E-state index in [1.807, 2.05) is 31.3 Å². The molecule has 0 heterocycles. The van der Waals surface area contributed by atoms with Gasteiger partial charge < -0.3 is 10.2 Å². The molecule has 0 unspecified atom stereocenters. The number of anilines is 1. The molecule has 0 bridgehead atoms. The Morgan fingerprint density at radius 3 is 2.58 bits per heavy atom. The number of nitrogens with one attached hydrogen (secondary N) is 1. The largest absolute Gasteiger partial charge is 0.478 e. The molecule has 1 aromatic rings. The molecular weight excluding hydrogens is 148 g/mol. The lowest BCUT2D eigenvalue weighted by atomic mass is 10.2. The van der Waals surface area contributed by atoms with Crippen LogP contribution in [-0.2, 0) is 0 Å². The summed E-state index contributed by atoms with van der Waals surface area (Å²) in [5.74, 6) is 0. The molecule has 0 saturated heterocycles.